The van der Waals surface area contributed by atoms with E-state index in [-0.39, 0.29) is 6.61 Å². The Morgan fingerprint density at radius 1 is 1.00 bits per heavy atom. The molecule has 1 N–H and O–H groups in total. The molecule has 4 heteroatoms. The van der Waals surface area contributed by atoms with Crippen molar-refractivity contribution in [2.45, 2.75) is 19.3 Å². The molecule has 1 aromatic rings. The highest BCUT2D eigenvalue weighted by Crippen LogP contribution is 2.44. The molecule has 0 radical (unpaired) electrons. The summed E-state index contributed by atoms with van der Waals surface area (Å²) in [6, 6.07) is 3.60. The van der Waals surface area contributed by atoms with Gasteiger partial charge in [-0.3, -0.25) is 0 Å². The summed E-state index contributed by atoms with van der Waals surface area (Å²) in [6.07, 6.45) is 0. The summed E-state index contributed by atoms with van der Waals surface area (Å²) in [5.74, 6) is 1.91. The van der Waals surface area contributed by atoms with Gasteiger partial charge in [-0.15, -0.1) is 0 Å². The Kier molecular flexibility index (Phi) is 4.23. The second-order valence-corrected chi connectivity index (χ2v) is 4.42. The Labute approximate surface area is 102 Å². The molecule has 4 nitrogen and oxygen atoms in total. The summed E-state index contributed by atoms with van der Waals surface area (Å²) in [6.45, 7) is 3.84. The van der Waals surface area contributed by atoms with Crippen molar-refractivity contribution in [3.05, 3.63) is 17.7 Å². The van der Waals surface area contributed by atoms with Crippen LogP contribution in [0.5, 0.6) is 17.2 Å². The number of hydrogen-bond donors (Lipinski definition) is 1. The van der Waals surface area contributed by atoms with Gasteiger partial charge in [0.15, 0.2) is 11.5 Å². The first-order valence-corrected chi connectivity index (χ1v) is 5.42. The molecule has 0 aliphatic heterocycles. The number of hydrogen-bond acceptors (Lipinski definition) is 4. The first-order valence-electron chi connectivity index (χ1n) is 5.42. The van der Waals surface area contributed by atoms with Gasteiger partial charge in [0.05, 0.1) is 27.9 Å². The van der Waals surface area contributed by atoms with Gasteiger partial charge < -0.3 is 19.3 Å². The van der Waals surface area contributed by atoms with E-state index >= 15 is 0 Å². The number of ether oxygens (including phenoxy) is 3. The minimum absolute atomic E-state index is 0.00706. The van der Waals surface area contributed by atoms with Crippen LogP contribution in [0.25, 0.3) is 0 Å². The van der Waals surface area contributed by atoms with E-state index in [0.29, 0.717) is 17.2 Å². The van der Waals surface area contributed by atoms with Gasteiger partial charge in [0.25, 0.3) is 0 Å². The van der Waals surface area contributed by atoms with Gasteiger partial charge in [-0.25, -0.2) is 0 Å². The molecule has 0 atom stereocenters. The molecule has 17 heavy (non-hydrogen) atoms. The van der Waals surface area contributed by atoms with E-state index in [1.165, 1.54) is 0 Å². The zero-order chi connectivity index (χ0) is 13.1. The molecule has 0 saturated carbocycles. The highest BCUT2D eigenvalue weighted by molar-refractivity contribution is 5.57. The van der Waals surface area contributed by atoms with Crippen molar-refractivity contribution in [1.29, 1.82) is 0 Å². The van der Waals surface area contributed by atoms with Crippen molar-refractivity contribution in [2.75, 3.05) is 27.9 Å². The average molecular weight is 240 g/mol. The smallest absolute Gasteiger partial charge is 0.168 e. The Morgan fingerprint density at radius 3 is 1.94 bits per heavy atom. The molecule has 0 fully saturated rings. The summed E-state index contributed by atoms with van der Waals surface area (Å²) < 4.78 is 16.0. The van der Waals surface area contributed by atoms with Crippen LogP contribution in [0.3, 0.4) is 0 Å². The fourth-order valence-corrected chi connectivity index (χ4v) is 1.80. The Hall–Kier alpha value is -1.42. The van der Waals surface area contributed by atoms with Crippen molar-refractivity contribution < 1.29 is 19.3 Å². The standard InChI is InChI=1S/C13H20O4/c1-13(2,8-14)11-9(15-3)6-7-10(16-4)12(11)17-5/h6-7,14H,8H2,1-5H3. The summed E-state index contributed by atoms with van der Waals surface area (Å²) in [5.41, 5.74) is 0.343. The largest absolute Gasteiger partial charge is 0.496 e. The van der Waals surface area contributed by atoms with E-state index in [2.05, 4.69) is 0 Å². The predicted molar refractivity (Wildman–Crippen MR) is 66.2 cm³/mol. The predicted octanol–water partition coefficient (Wildman–Crippen LogP) is 1.98. The lowest BCUT2D eigenvalue weighted by molar-refractivity contribution is 0.209. The Bertz CT molecular complexity index is 385. The van der Waals surface area contributed by atoms with Gasteiger partial charge in [-0.05, 0) is 12.1 Å². The third kappa shape index (κ3) is 2.47. The van der Waals surface area contributed by atoms with E-state index < -0.39 is 5.41 Å². The Morgan fingerprint density at radius 2 is 1.53 bits per heavy atom. The Balaban J connectivity index is 3.51. The average Bonchev–Trinajstić information content (AvgIpc) is 2.36. The third-order valence-electron chi connectivity index (χ3n) is 2.80. The van der Waals surface area contributed by atoms with Gasteiger partial charge in [0, 0.05) is 11.0 Å². The summed E-state index contributed by atoms with van der Waals surface area (Å²) in [7, 11) is 4.76. The molecular formula is C13H20O4. The number of methoxy groups -OCH3 is 3. The van der Waals surface area contributed by atoms with Crippen LogP contribution < -0.4 is 14.2 Å². The van der Waals surface area contributed by atoms with Crippen LogP contribution in [0.15, 0.2) is 12.1 Å². The molecule has 0 aliphatic rings. The fourth-order valence-electron chi connectivity index (χ4n) is 1.80. The van der Waals surface area contributed by atoms with Crippen LogP contribution in [0.4, 0.5) is 0 Å². The molecule has 0 spiro atoms. The minimum Gasteiger partial charge on any atom is -0.496 e. The molecule has 0 aliphatic carbocycles. The number of rotatable bonds is 5. The highest BCUT2D eigenvalue weighted by atomic mass is 16.5. The monoisotopic (exact) mass is 240 g/mol. The van der Waals surface area contributed by atoms with E-state index in [9.17, 15) is 5.11 Å². The van der Waals surface area contributed by atoms with E-state index in [4.69, 9.17) is 14.2 Å². The highest BCUT2D eigenvalue weighted by Gasteiger charge is 2.30. The molecule has 1 aromatic carbocycles. The minimum atomic E-state index is -0.467. The van der Waals surface area contributed by atoms with Crippen LogP contribution in [-0.2, 0) is 5.41 Å². The number of benzene rings is 1. The summed E-state index contributed by atoms with van der Waals surface area (Å²) in [5, 5.41) is 9.50. The van der Waals surface area contributed by atoms with Crippen molar-refractivity contribution in [3.63, 3.8) is 0 Å². The van der Waals surface area contributed by atoms with Gasteiger partial charge in [-0.2, -0.15) is 0 Å². The summed E-state index contributed by atoms with van der Waals surface area (Å²) >= 11 is 0. The van der Waals surface area contributed by atoms with Crippen LogP contribution in [0.1, 0.15) is 19.4 Å². The molecular weight excluding hydrogens is 220 g/mol. The lowest BCUT2D eigenvalue weighted by atomic mass is 9.84. The molecule has 0 saturated heterocycles. The quantitative estimate of drug-likeness (QED) is 0.855. The molecule has 0 bridgehead atoms. The van der Waals surface area contributed by atoms with E-state index in [1.54, 1.807) is 27.4 Å². The zero-order valence-electron chi connectivity index (χ0n) is 11.0. The first-order chi connectivity index (χ1) is 8.01. The van der Waals surface area contributed by atoms with Gasteiger partial charge >= 0.3 is 0 Å². The normalized spacial score (nSPS) is 11.2. The molecule has 0 amide bonds. The molecule has 0 unspecified atom stereocenters. The van der Waals surface area contributed by atoms with Crippen molar-refractivity contribution in [1.82, 2.24) is 0 Å². The molecule has 96 valence electrons. The first kappa shape index (κ1) is 13.6. The van der Waals surface area contributed by atoms with Crippen LogP contribution in [0, 0.1) is 0 Å². The van der Waals surface area contributed by atoms with Crippen molar-refractivity contribution in [2.24, 2.45) is 0 Å². The number of aliphatic hydroxyl groups excluding tert-OH is 1. The molecule has 0 heterocycles. The van der Waals surface area contributed by atoms with Crippen LogP contribution in [0.2, 0.25) is 0 Å². The zero-order valence-corrected chi connectivity index (χ0v) is 11.0. The van der Waals surface area contributed by atoms with E-state index in [1.807, 2.05) is 19.9 Å². The second kappa shape index (κ2) is 5.27. The maximum atomic E-state index is 9.50. The van der Waals surface area contributed by atoms with Crippen molar-refractivity contribution in [3.8, 4) is 17.2 Å². The van der Waals surface area contributed by atoms with Gasteiger partial charge in [0.1, 0.15) is 5.75 Å². The maximum absolute atomic E-state index is 9.50. The SMILES string of the molecule is COc1ccc(OC)c(C(C)(C)CO)c1OC. The number of aliphatic hydroxyl groups is 1. The van der Waals surface area contributed by atoms with Gasteiger partial charge in [0.2, 0.25) is 0 Å². The van der Waals surface area contributed by atoms with Crippen LogP contribution in [-0.4, -0.2) is 33.0 Å². The van der Waals surface area contributed by atoms with Crippen molar-refractivity contribution >= 4 is 0 Å². The molecule has 0 aromatic heterocycles. The van der Waals surface area contributed by atoms with Gasteiger partial charge in [-0.1, -0.05) is 13.8 Å². The maximum Gasteiger partial charge on any atom is 0.168 e. The molecule has 1 rings (SSSR count). The summed E-state index contributed by atoms with van der Waals surface area (Å²) in [4.78, 5) is 0. The van der Waals surface area contributed by atoms with E-state index in [0.717, 1.165) is 5.56 Å². The van der Waals surface area contributed by atoms with Crippen LogP contribution >= 0.6 is 0 Å². The second-order valence-electron chi connectivity index (χ2n) is 4.42. The fraction of sp³-hybridized carbons (Fsp3) is 0.538. The topological polar surface area (TPSA) is 47.9 Å². The lowest BCUT2D eigenvalue weighted by Crippen LogP contribution is -2.24. The lowest BCUT2D eigenvalue weighted by Gasteiger charge is -2.27. The third-order valence-corrected chi connectivity index (χ3v) is 2.80.